The van der Waals surface area contributed by atoms with Crippen LogP contribution in [0.5, 0.6) is 0 Å². The third-order valence-electron chi connectivity index (χ3n) is 4.41. The number of amides is 1. The predicted molar refractivity (Wildman–Crippen MR) is 103 cm³/mol. The number of rotatable bonds is 5. The lowest BCUT2D eigenvalue weighted by molar-refractivity contribution is -0.0229. The molecule has 1 fully saturated rings. The molecule has 1 aliphatic heterocycles. The minimum atomic E-state index is -3.80. The van der Waals surface area contributed by atoms with Crippen molar-refractivity contribution in [2.24, 2.45) is 0 Å². The quantitative estimate of drug-likeness (QED) is 0.797. The molecule has 3 rings (SSSR count). The molecule has 1 N–H and O–H groups in total. The molecule has 0 spiro atoms. The SMILES string of the molecule is CCNS(=O)(=O)c1ccc(F)c(C(=O)N2CCOC(c3ccc(Cl)cc3)C2)c1. The lowest BCUT2D eigenvalue weighted by Crippen LogP contribution is -2.42. The number of hydrogen-bond donors (Lipinski definition) is 1. The molecule has 0 aliphatic carbocycles. The highest BCUT2D eigenvalue weighted by molar-refractivity contribution is 7.89. The largest absolute Gasteiger partial charge is 0.370 e. The molecule has 0 saturated carbocycles. The number of morpholine rings is 1. The van der Waals surface area contributed by atoms with Crippen molar-refractivity contribution >= 4 is 27.5 Å². The maximum Gasteiger partial charge on any atom is 0.257 e. The van der Waals surface area contributed by atoms with Gasteiger partial charge in [-0.05, 0) is 35.9 Å². The summed E-state index contributed by atoms with van der Waals surface area (Å²) in [6.07, 6.45) is -0.369. The Morgan fingerprint density at radius 2 is 2.00 bits per heavy atom. The first-order valence-corrected chi connectivity index (χ1v) is 10.6. The molecule has 2 aromatic rings. The number of benzene rings is 2. The molecule has 0 bridgehead atoms. The first-order chi connectivity index (χ1) is 13.3. The van der Waals surface area contributed by atoms with Crippen LogP contribution in [-0.2, 0) is 14.8 Å². The van der Waals surface area contributed by atoms with Crippen LogP contribution < -0.4 is 4.72 Å². The van der Waals surface area contributed by atoms with Crippen LogP contribution in [0.4, 0.5) is 4.39 Å². The molecule has 1 atom stereocenters. The van der Waals surface area contributed by atoms with Gasteiger partial charge < -0.3 is 9.64 Å². The van der Waals surface area contributed by atoms with Gasteiger partial charge in [-0.1, -0.05) is 30.7 Å². The fourth-order valence-corrected chi connectivity index (χ4v) is 4.18. The minimum Gasteiger partial charge on any atom is -0.370 e. The van der Waals surface area contributed by atoms with E-state index >= 15 is 0 Å². The van der Waals surface area contributed by atoms with Crippen molar-refractivity contribution in [2.75, 3.05) is 26.2 Å². The summed E-state index contributed by atoms with van der Waals surface area (Å²) in [5.74, 6) is -1.34. The van der Waals surface area contributed by atoms with E-state index in [4.69, 9.17) is 16.3 Å². The van der Waals surface area contributed by atoms with E-state index in [0.717, 1.165) is 23.8 Å². The molecular weight excluding hydrogens is 407 g/mol. The smallest absolute Gasteiger partial charge is 0.257 e. The molecule has 150 valence electrons. The summed E-state index contributed by atoms with van der Waals surface area (Å²) in [4.78, 5) is 14.2. The van der Waals surface area contributed by atoms with Crippen LogP contribution in [0.2, 0.25) is 5.02 Å². The summed E-state index contributed by atoms with van der Waals surface area (Å²) in [5, 5.41) is 0.591. The van der Waals surface area contributed by atoms with Crippen LogP contribution in [0.3, 0.4) is 0 Å². The highest BCUT2D eigenvalue weighted by atomic mass is 35.5. The lowest BCUT2D eigenvalue weighted by Gasteiger charge is -2.33. The van der Waals surface area contributed by atoms with E-state index < -0.39 is 21.7 Å². The van der Waals surface area contributed by atoms with Crippen molar-refractivity contribution in [3.05, 3.63) is 64.4 Å². The van der Waals surface area contributed by atoms with E-state index in [0.29, 0.717) is 5.02 Å². The van der Waals surface area contributed by atoms with Gasteiger partial charge in [0.2, 0.25) is 10.0 Å². The monoisotopic (exact) mass is 426 g/mol. The second-order valence-corrected chi connectivity index (χ2v) is 8.51. The summed E-state index contributed by atoms with van der Waals surface area (Å²) >= 11 is 5.90. The molecule has 9 heteroatoms. The molecular formula is C19H20ClFN2O4S. The van der Waals surface area contributed by atoms with E-state index in [2.05, 4.69) is 4.72 Å². The minimum absolute atomic E-state index is 0.151. The van der Waals surface area contributed by atoms with E-state index in [-0.39, 0.29) is 42.8 Å². The number of sulfonamides is 1. The van der Waals surface area contributed by atoms with Crippen LogP contribution in [0, 0.1) is 5.82 Å². The molecule has 1 amide bonds. The van der Waals surface area contributed by atoms with Crippen molar-refractivity contribution in [2.45, 2.75) is 17.9 Å². The number of carbonyl (C=O) groups is 1. The second kappa shape index (κ2) is 8.57. The summed E-state index contributed by atoms with van der Waals surface area (Å²) in [6, 6.07) is 10.3. The molecule has 1 aliphatic rings. The van der Waals surface area contributed by atoms with Crippen molar-refractivity contribution < 1.29 is 22.3 Å². The molecule has 28 heavy (non-hydrogen) atoms. The number of carbonyl (C=O) groups excluding carboxylic acids is 1. The standard InChI is InChI=1S/C19H20ClFN2O4S/c1-2-22-28(25,26)15-7-8-17(21)16(11-15)19(24)23-9-10-27-18(12-23)13-3-5-14(20)6-4-13/h3-8,11,18,22H,2,9-10,12H2,1H3. The van der Waals surface area contributed by atoms with Gasteiger partial charge in [-0.2, -0.15) is 0 Å². The van der Waals surface area contributed by atoms with E-state index in [1.807, 2.05) is 12.1 Å². The number of nitrogens with zero attached hydrogens (tertiary/aromatic N) is 1. The number of hydrogen-bond acceptors (Lipinski definition) is 4. The van der Waals surface area contributed by atoms with Gasteiger partial charge in [-0.3, -0.25) is 4.79 Å². The van der Waals surface area contributed by atoms with Crippen molar-refractivity contribution in [3.8, 4) is 0 Å². The van der Waals surface area contributed by atoms with E-state index in [1.165, 1.54) is 4.90 Å². The summed E-state index contributed by atoms with van der Waals surface area (Å²) in [5.41, 5.74) is 0.571. The molecule has 1 heterocycles. The lowest BCUT2D eigenvalue weighted by atomic mass is 10.1. The molecule has 2 aromatic carbocycles. The Labute approximate surface area is 168 Å². The Hall–Kier alpha value is -2.00. The molecule has 1 saturated heterocycles. The van der Waals surface area contributed by atoms with Crippen molar-refractivity contribution in [3.63, 3.8) is 0 Å². The molecule has 0 radical (unpaired) electrons. The number of halogens is 2. The van der Waals surface area contributed by atoms with Crippen LogP contribution in [-0.4, -0.2) is 45.5 Å². The Morgan fingerprint density at radius 1 is 1.29 bits per heavy atom. The van der Waals surface area contributed by atoms with E-state index in [1.54, 1.807) is 19.1 Å². The van der Waals surface area contributed by atoms with Crippen LogP contribution in [0.25, 0.3) is 0 Å². The normalized spacial score (nSPS) is 17.5. The Morgan fingerprint density at radius 3 is 2.68 bits per heavy atom. The first kappa shape index (κ1) is 20.7. The third kappa shape index (κ3) is 4.52. The van der Waals surface area contributed by atoms with Gasteiger partial charge in [0.25, 0.3) is 5.91 Å². The predicted octanol–water partition coefficient (Wildman–Crippen LogP) is 2.99. The zero-order valence-corrected chi connectivity index (χ0v) is 16.8. The van der Waals surface area contributed by atoms with Gasteiger partial charge in [0.05, 0.1) is 23.6 Å². The van der Waals surface area contributed by atoms with Gasteiger partial charge in [0, 0.05) is 18.1 Å². The maximum atomic E-state index is 14.3. The molecule has 0 aromatic heterocycles. The second-order valence-electron chi connectivity index (χ2n) is 6.31. The van der Waals surface area contributed by atoms with E-state index in [9.17, 15) is 17.6 Å². The fraction of sp³-hybridized carbons (Fsp3) is 0.316. The van der Waals surface area contributed by atoms with Crippen LogP contribution in [0.15, 0.2) is 47.4 Å². The van der Waals surface area contributed by atoms with Crippen molar-refractivity contribution in [1.29, 1.82) is 0 Å². The van der Waals surface area contributed by atoms with Crippen molar-refractivity contribution in [1.82, 2.24) is 9.62 Å². The maximum absolute atomic E-state index is 14.3. The average Bonchev–Trinajstić information content (AvgIpc) is 2.68. The first-order valence-electron chi connectivity index (χ1n) is 8.77. The molecule has 1 unspecified atom stereocenters. The highest BCUT2D eigenvalue weighted by Gasteiger charge is 2.28. The molecule has 6 nitrogen and oxygen atoms in total. The van der Waals surface area contributed by atoms with Crippen LogP contribution >= 0.6 is 11.6 Å². The van der Waals surface area contributed by atoms with Gasteiger partial charge in [-0.25, -0.2) is 17.5 Å². The Kier molecular flexibility index (Phi) is 6.34. The van der Waals surface area contributed by atoms with Crippen LogP contribution in [0.1, 0.15) is 28.9 Å². The third-order valence-corrected chi connectivity index (χ3v) is 6.20. The fourth-order valence-electron chi connectivity index (χ4n) is 2.99. The zero-order chi connectivity index (χ0) is 20.3. The Balaban J connectivity index is 1.84. The summed E-state index contributed by atoms with van der Waals surface area (Å²) in [7, 11) is -3.80. The number of nitrogens with one attached hydrogen (secondary N) is 1. The van der Waals surface area contributed by atoms with Gasteiger partial charge in [-0.15, -0.1) is 0 Å². The topological polar surface area (TPSA) is 75.7 Å². The number of ether oxygens (including phenoxy) is 1. The summed E-state index contributed by atoms with van der Waals surface area (Å²) in [6.45, 7) is 2.62. The van der Waals surface area contributed by atoms with Gasteiger partial charge >= 0.3 is 0 Å². The van der Waals surface area contributed by atoms with Gasteiger partial charge in [0.15, 0.2) is 0 Å². The van der Waals surface area contributed by atoms with Gasteiger partial charge in [0.1, 0.15) is 11.9 Å². The average molecular weight is 427 g/mol. The highest BCUT2D eigenvalue weighted by Crippen LogP contribution is 2.25. The summed E-state index contributed by atoms with van der Waals surface area (Å²) < 4.78 is 46.7. The zero-order valence-electron chi connectivity index (χ0n) is 15.2. The Bertz CT molecular complexity index is 966.